The Labute approximate surface area is 200 Å². The van der Waals surface area contributed by atoms with Gasteiger partial charge >= 0.3 is 5.97 Å². The third-order valence-corrected chi connectivity index (χ3v) is 6.42. The van der Waals surface area contributed by atoms with Crippen molar-refractivity contribution in [3.05, 3.63) is 52.3 Å². The van der Waals surface area contributed by atoms with Gasteiger partial charge in [-0.3, -0.25) is 9.59 Å². The number of halogens is 2. The van der Waals surface area contributed by atoms with Crippen molar-refractivity contribution in [2.75, 3.05) is 11.5 Å². The Bertz CT molecular complexity index is 998. The van der Waals surface area contributed by atoms with Crippen molar-refractivity contribution in [2.24, 2.45) is 5.92 Å². The first kappa shape index (κ1) is 24.6. The average Bonchev–Trinajstić information content (AvgIpc) is 2.71. The molecule has 0 aromatic heterocycles. The van der Waals surface area contributed by atoms with Gasteiger partial charge in [-0.1, -0.05) is 35.8 Å². The van der Waals surface area contributed by atoms with Crippen LogP contribution in [0.25, 0.3) is 0 Å². The number of hydrogen-bond donors (Lipinski definition) is 0. The van der Waals surface area contributed by atoms with E-state index in [2.05, 4.69) is 15.9 Å². The Balaban J connectivity index is 1.91. The highest BCUT2D eigenvalue weighted by Crippen LogP contribution is 2.43. The van der Waals surface area contributed by atoms with Gasteiger partial charge in [-0.25, -0.2) is 4.39 Å². The number of esters is 1. The van der Waals surface area contributed by atoms with Gasteiger partial charge in [0.15, 0.2) is 0 Å². The third kappa shape index (κ3) is 6.25. The highest BCUT2D eigenvalue weighted by molar-refractivity contribution is 9.10. The molecule has 1 unspecified atom stereocenters. The molecule has 2 aromatic carbocycles. The van der Waals surface area contributed by atoms with Crippen LogP contribution >= 0.6 is 27.7 Å². The van der Waals surface area contributed by atoms with Gasteiger partial charge in [0.2, 0.25) is 5.91 Å². The fourth-order valence-corrected chi connectivity index (χ4v) is 4.76. The summed E-state index contributed by atoms with van der Waals surface area (Å²) in [5, 5.41) is -0.641. The first-order valence-electron chi connectivity index (χ1n) is 10.5. The number of anilines is 1. The molecule has 0 saturated carbocycles. The molecule has 1 aliphatic rings. The lowest BCUT2D eigenvalue weighted by molar-refractivity contribution is -0.145. The molecule has 1 heterocycles. The van der Waals surface area contributed by atoms with Crippen LogP contribution in [-0.2, 0) is 20.9 Å². The summed E-state index contributed by atoms with van der Waals surface area (Å²) >= 11 is 4.59. The van der Waals surface area contributed by atoms with E-state index in [-0.39, 0.29) is 30.9 Å². The highest BCUT2D eigenvalue weighted by atomic mass is 79.9. The van der Waals surface area contributed by atoms with Crippen LogP contribution < -0.4 is 9.64 Å². The van der Waals surface area contributed by atoms with Crippen molar-refractivity contribution in [1.29, 1.82) is 0 Å². The number of ether oxygens (including phenoxy) is 2. The number of rotatable bonds is 8. The molecule has 1 amide bonds. The number of amides is 1. The first-order valence-corrected chi connectivity index (χ1v) is 12.2. The molecular weight excluding hydrogens is 497 g/mol. The van der Waals surface area contributed by atoms with Crippen molar-refractivity contribution >= 4 is 45.3 Å². The van der Waals surface area contributed by atoms with Gasteiger partial charge in [-0.15, -0.1) is 11.8 Å². The van der Waals surface area contributed by atoms with Gasteiger partial charge in [0.1, 0.15) is 11.6 Å². The Morgan fingerprint density at radius 2 is 1.94 bits per heavy atom. The molecule has 3 rings (SSSR count). The molecule has 5 nitrogen and oxygen atoms in total. The molecular formula is C24H27BrFNO4S. The van der Waals surface area contributed by atoms with Crippen molar-refractivity contribution in [1.82, 2.24) is 0 Å². The fraction of sp³-hybridized carbons (Fsp3) is 0.417. The van der Waals surface area contributed by atoms with Crippen molar-refractivity contribution in [3.8, 4) is 5.75 Å². The Morgan fingerprint density at radius 3 is 2.59 bits per heavy atom. The summed E-state index contributed by atoms with van der Waals surface area (Å²) in [7, 11) is 0. The second kappa shape index (κ2) is 10.7. The summed E-state index contributed by atoms with van der Waals surface area (Å²) in [5.74, 6) is -0.237. The summed E-state index contributed by atoms with van der Waals surface area (Å²) < 4.78 is 26.3. The lowest BCUT2D eigenvalue weighted by atomic mass is 10.1. The Hall–Kier alpha value is -2.06. The van der Waals surface area contributed by atoms with Crippen LogP contribution in [0.3, 0.4) is 0 Å². The number of nitrogens with zero attached hydrogens (tertiary/aromatic N) is 1. The van der Waals surface area contributed by atoms with E-state index in [9.17, 15) is 14.0 Å². The van der Waals surface area contributed by atoms with Gasteiger partial charge in [0.25, 0.3) is 0 Å². The lowest BCUT2D eigenvalue weighted by Crippen LogP contribution is -2.41. The van der Waals surface area contributed by atoms with E-state index in [4.69, 9.17) is 9.47 Å². The topological polar surface area (TPSA) is 55.8 Å². The van der Waals surface area contributed by atoms with Crippen LogP contribution in [-0.4, -0.2) is 29.8 Å². The number of carbonyl (C=O) groups excluding carboxylic acids is 2. The van der Waals surface area contributed by atoms with Crippen molar-refractivity contribution in [2.45, 2.75) is 56.9 Å². The first-order chi connectivity index (χ1) is 15.1. The van der Waals surface area contributed by atoms with Gasteiger partial charge in [0, 0.05) is 21.0 Å². The van der Waals surface area contributed by atoms with Gasteiger partial charge in [-0.2, -0.15) is 0 Å². The maximum absolute atomic E-state index is 14.6. The van der Waals surface area contributed by atoms with E-state index in [1.807, 2.05) is 39.8 Å². The Kier molecular flexibility index (Phi) is 8.22. The normalized spacial score (nSPS) is 15.8. The van der Waals surface area contributed by atoms with Gasteiger partial charge < -0.3 is 14.4 Å². The second-order valence-electron chi connectivity index (χ2n) is 8.34. The van der Waals surface area contributed by atoms with Crippen LogP contribution in [0.4, 0.5) is 10.1 Å². The second-order valence-corrected chi connectivity index (χ2v) is 10.5. The van der Waals surface area contributed by atoms with Gasteiger partial charge in [-0.05, 0) is 44.0 Å². The average molecular weight is 524 g/mol. The number of hydrogen-bond acceptors (Lipinski definition) is 5. The molecule has 172 valence electrons. The molecule has 0 bridgehead atoms. The van der Waals surface area contributed by atoms with Crippen molar-refractivity contribution < 1.29 is 23.5 Å². The van der Waals surface area contributed by atoms with E-state index < -0.39 is 17.0 Å². The fourth-order valence-electron chi connectivity index (χ4n) is 3.23. The molecule has 0 radical (unpaired) electrons. The van der Waals surface area contributed by atoms with Crippen LogP contribution in [0.15, 0.2) is 45.8 Å². The smallest absolute Gasteiger partial charge is 0.307 e. The molecule has 0 fully saturated rings. The molecule has 0 aliphatic carbocycles. The molecule has 0 spiro atoms. The minimum absolute atomic E-state index is 0.0270. The zero-order chi connectivity index (χ0) is 23.4. The SMILES string of the molecule is CC(C)COC(=O)CC1Sc2ccc(OC(C)C)cc2N(Cc2ccc(Br)cc2F)C1=O. The molecule has 2 aromatic rings. The van der Waals surface area contributed by atoms with Crippen LogP contribution in [0.5, 0.6) is 5.75 Å². The standard InChI is InChI=1S/C24H27BrFNO4S/c1-14(2)13-30-23(28)11-22-24(29)27(12-16-5-6-17(25)9-19(16)26)20-10-18(31-15(3)4)7-8-21(20)32-22/h5-10,14-15,22H,11-13H2,1-4H3. The zero-order valence-corrected chi connectivity index (χ0v) is 21.0. The van der Waals surface area contributed by atoms with Crippen LogP contribution in [0.1, 0.15) is 39.7 Å². The molecule has 1 atom stereocenters. The molecule has 8 heteroatoms. The lowest BCUT2D eigenvalue weighted by Gasteiger charge is -2.34. The third-order valence-electron chi connectivity index (χ3n) is 4.68. The number of thioether (sulfide) groups is 1. The van der Waals surface area contributed by atoms with E-state index in [0.717, 1.165) is 4.90 Å². The number of benzene rings is 2. The quantitative estimate of drug-likeness (QED) is 0.398. The monoisotopic (exact) mass is 523 g/mol. The van der Waals surface area contributed by atoms with Crippen molar-refractivity contribution in [3.63, 3.8) is 0 Å². The highest BCUT2D eigenvalue weighted by Gasteiger charge is 2.36. The minimum atomic E-state index is -0.641. The van der Waals surface area contributed by atoms with E-state index in [0.29, 0.717) is 28.1 Å². The summed E-state index contributed by atoms with van der Waals surface area (Å²) in [5.41, 5.74) is 1.03. The van der Waals surface area contributed by atoms with Crippen LogP contribution in [0.2, 0.25) is 0 Å². The molecule has 0 N–H and O–H groups in total. The predicted molar refractivity (Wildman–Crippen MR) is 128 cm³/mol. The minimum Gasteiger partial charge on any atom is -0.491 e. The summed E-state index contributed by atoms with van der Waals surface area (Å²) in [4.78, 5) is 28.1. The molecule has 32 heavy (non-hydrogen) atoms. The number of carbonyl (C=O) groups is 2. The van der Waals surface area contributed by atoms with E-state index in [1.165, 1.54) is 22.7 Å². The van der Waals surface area contributed by atoms with E-state index in [1.54, 1.807) is 18.2 Å². The molecule has 0 saturated heterocycles. The van der Waals surface area contributed by atoms with E-state index >= 15 is 0 Å². The van der Waals surface area contributed by atoms with Gasteiger partial charge in [0.05, 0.1) is 36.6 Å². The molecule has 1 aliphatic heterocycles. The number of fused-ring (bicyclic) bond motifs is 1. The van der Waals surface area contributed by atoms with Crippen LogP contribution in [0, 0.1) is 11.7 Å². The predicted octanol–water partition coefficient (Wildman–Crippen LogP) is 5.97. The summed E-state index contributed by atoms with van der Waals surface area (Å²) in [6.45, 7) is 8.11. The summed E-state index contributed by atoms with van der Waals surface area (Å²) in [6, 6.07) is 10.3. The maximum atomic E-state index is 14.6. The largest absolute Gasteiger partial charge is 0.491 e. The zero-order valence-electron chi connectivity index (χ0n) is 18.6. The maximum Gasteiger partial charge on any atom is 0.307 e. The summed E-state index contributed by atoms with van der Waals surface area (Å²) in [6.07, 6.45) is -0.0694. The Morgan fingerprint density at radius 1 is 1.19 bits per heavy atom.